The van der Waals surface area contributed by atoms with Crippen molar-refractivity contribution in [3.8, 4) is 0 Å². The van der Waals surface area contributed by atoms with E-state index in [1.54, 1.807) is 6.26 Å². The maximum absolute atomic E-state index is 4.93. The number of hydrogen-bond acceptors (Lipinski definition) is 5. The molecule has 1 N–H and O–H groups in total. The number of hydrogen-bond donors (Lipinski definition) is 1. The van der Waals surface area contributed by atoms with Crippen molar-refractivity contribution in [3.63, 3.8) is 0 Å². The van der Waals surface area contributed by atoms with Gasteiger partial charge in [-0.3, -0.25) is 14.8 Å². The van der Waals surface area contributed by atoms with Gasteiger partial charge in [-0.15, -0.1) is 0 Å². The Hall–Kier alpha value is -2.38. The van der Waals surface area contributed by atoms with Crippen molar-refractivity contribution in [1.29, 1.82) is 0 Å². The highest BCUT2D eigenvalue weighted by molar-refractivity contribution is 5.80. The average molecular weight is 397 g/mol. The zero-order valence-electron chi connectivity index (χ0n) is 17.4. The van der Waals surface area contributed by atoms with Gasteiger partial charge in [0.25, 0.3) is 0 Å². The summed E-state index contributed by atoms with van der Waals surface area (Å²) in [4.78, 5) is 11.8. The normalized spacial score (nSPS) is 19.1. The first-order valence-electron chi connectivity index (χ1n) is 10.7. The van der Waals surface area contributed by atoms with E-state index in [4.69, 9.17) is 4.52 Å². The average Bonchev–Trinajstić information content (AvgIpc) is 3.45. The maximum atomic E-state index is 4.93. The molecular formula is C22H32N6O. The molecule has 0 bridgehead atoms. The minimum absolute atomic E-state index is 0.801. The highest BCUT2D eigenvalue weighted by Crippen LogP contribution is 2.13. The number of nitrogens with zero attached hydrogens (tertiary/aromatic N) is 5. The van der Waals surface area contributed by atoms with E-state index in [9.17, 15) is 0 Å². The Labute approximate surface area is 173 Å². The van der Waals surface area contributed by atoms with E-state index in [0.717, 1.165) is 57.5 Å². The second-order valence-electron chi connectivity index (χ2n) is 7.95. The topological polar surface area (TPSA) is 60.1 Å². The minimum atomic E-state index is 0.801. The van der Waals surface area contributed by atoms with Crippen LogP contribution >= 0.6 is 0 Å². The number of aromatic nitrogens is 1. The third kappa shape index (κ3) is 5.58. The molecule has 0 spiro atoms. The Kier molecular flexibility index (Phi) is 6.79. The number of rotatable bonds is 6. The van der Waals surface area contributed by atoms with Crippen LogP contribution in [0.4, 0.5) is 0 Å². The van der Waals surface area contributed by atoms with Crippen molar-refractivity contribution >= 4 is 5.96 Å². The molecule has 1 aromatic carbocycles. The molecule has 2 fully saturated rings. The van der Waals surface area contributed by atoms with Crippen LogP contribution in [0, 0.1) is 0 Å². The Morgan fingerprint density at radius 2 is 1.62 bits per heavy atom. The largest absolute Gasteiger partial charge is 0.364 e. The highest BCUT2D eigenvalue weighted by Gasteiger charge is 2.20. The maximum Gasteiger partial charge on any atom is 0.194 e. The number of benzene rings is 1. The van der Waals surface area contributed by atoms with Crippen molar-refractivity contribution in [2.24, 2.45) is 4.99 Å². The van der Waals surface area contributed by atoms with Gasteiger partial charge in [0, 0.05) is 58.9 Å². The number of aliphatic imine (C=N–C) groups is 1. The minimum Gasteiger partial charge on any atom is -0.364 e. The summed E-state index contributed by atoms with van der Waals surface area (Å²) in [5.41, 5.74) is 3.69. The van der Waals surface area contributed by atoms with Gasteiger partial charge in [0.1, 0.15) is 6.26 Å². The standard InChI is InChI=1S/C22H32N6O/c1-23-22(28-13-11-27(12-14-28)18-21-8-15-29-25-21)24-16-19-4-6-20(7-5-19)17-26-9-2-3-10-26/h4-8,15H,2-3,9-14,16-18H2,1H3,(H,23,24). The lowest BCUT2D eigenvalue weighted by molar-refractivity contribution is 0.169. The molecule has 2 aliphatic heterocycles. The molecule has 0 unspecified atom stereocenters. The molecule has 2 aliphatic rings. The third-order valence-electron chi connectivity index (χ3n) is 5.84. The first kappa shape index (κ1) is 19.9. The Morgan fingerprint density at radius 1 is 0.931 bits per heavy atom. The van der Waals surface area contributed by atoms with Gasteiger partial charge >= 0.3 is 0 Å². The first-order valence-corrected chi connectivity index (χ1v) is 10.7. The number of nitrogens with one attached hydrogen (secondary N) is 1. The van der Waals surface area contributed by atoms with Crippen LogP contribution in [0.2, 0.25) is 0 Å². The molecule has 0 saturated carbocycles. The predicted octanol–water partition coefficient (Wildman–Crippen LogP) is 2.16. The fourth-order valence-corrected chi connectivity index (χ4v) is 4.14. The summed E-state index contributed by atoms with van der Waals surface area (Å²) < 4.78 is 4.93. The zero-order valence-corrected chi connectivity index (χ0v) is 17.4. The van der Waals surface area contributed by atoms with Crippen molar-refractivity contribution in [2.75, 3.05) is 46.3 Å². The van der Waals surface area contributed by atoms with Gasteiger partial charge < -0.3 is 14.7 Å². The summed E-state index contributed by atoms with van der Waals surface area (Å²) >= 11 is 0. The van der Waals surface area contributed by atoms with E-state index in [-0.39, 0.29) is 0 Å². The lowest BCUT2D eigenvalue weighted by Crippen LogP contribution is -2.52. The molecule has 2 saturated heterocycles. The molecule has 3 heterocycles. The van der Waals surface area contributed by atoms with Crippen molar-refractivity contribution < 1.29 is 4.52 Å². The molecule has 7 nitrogen and oxygen atoms in total. The lowest BCUT2D eigenvalue weighted by atomic mass is 10.1. The van der Waals surface area contributed by atoms with Crippen LogP contribution in [-0.4, -0.2) is 72.1 Å². The van der Waals surface area contributed by atoms with Crippen molar-refractivity contribution in [2.45, 2.75) is 32.5 Å². The Morgan fingerprint density at radius 3 is 2.28 bits per heavy atom. The van der Waals surface area contributed by atoms with Crippen LogP contribution in [0.1, 0.15) is 29.7 Å². The smallest absolute Gasteiger partial charge is 0.194 e. The second kappa shape index (κ2) is 9.89. The summed E-state index contributed by atoms with van der Waals surface area (Å²) in [5, 5.41) is 7.54. The van der Waals surface area contributed by atoms with Gasteiger partial charge in [-0.1, -0.05) is 29.4 Å². The van der Waals surface area contributed by atoms with E-state index in [1.807, 2.05) is 13.1 Å². The SMILES string of the molecule is CN=C(NCc1ccc(CN2CCCC2)cc1)N1CCN(Cc2ccon2)CC1. The van der Waals surface area contributed by atoms with E-state index >= 15 is 0 Å². The summed E-state index contributed by atoms with van der Waals surface area (Å²) in [7, 11) is 1.86. The zero-order chi connectivity index (χ0) is 19.9. The second-order valence-corrected chi connectivity index (χ2v) is 7.95. The quantitative estimate of drug-likeness (QED) is 0.597. The lowest BCUT2D eigenvalue weighted by Gasteiger charge is -2.36. The fourth-order valence-electron chi connectivity index (χ4n) is 4.14. The molecule has 29 heavy (non-hydrogen) atoms. The third-order valence-corrected chi connectivity index (χ3v) is 5.84. The summed E-state index contributed by atoms with van der Waals surface area (Å²) in [6.45, 7) is 9.14. The molecule has 0 aliphatic carbocycles. The van der Waals surface area contributed by atoms with Crippen molar-refractivity contribution in [3.05, 3.63) is 53.4 Å². The van der Waals surface area contributed by atoms with Crippen LogP contribution < -0.4 is 5.32 Å². The Bertz CT molecular complexity index is 759. The van der Waals surface area contributed by atoms with Crippen LogP contribution in [0.15, 0.2) is 46.1 Å². The van der Waals surface area contributed by atoms with Crippen LogP contribution in [0.25, 0.3) is 0 Å². The van der Waals surface area contributed by atoms with Gasteiger partial charge in [-0.2, -0.15) is 0 Å². The van der Waals surface area contributed by atoms with Gasteiger partial charge in [-0.05, 0) is 37.1 Å². The van der Waals surface area contributed by atoms with Gasteiger partial charge in [0.2, 0.25) is 0 Å². The monoisotopic (exact) mass is 396 g/mol. The first-order chi connectivity index (χ1) is 14.3. The molecule has 0 amide bonds. The predicted molar refractivity (Wildman–Crippen MR) is 115 cm³/mol. The van der Waals surface area contributed by atoms with E-state index < -0.39 is 0 Å². The number of likely N-dealkylation sites (tertiary alicyclic amines) is 1. The molecule has 0 atom stereocenters. The van der Waals surface area contributed by atoms with E-state index in [1.165, 1.54) is 37.1 Å². The summed E-state index contributed by atoms with van der Waals surface area (Å²) in [5.74, 6) is 0.979. The summed E-state index contributed by atoms with van der Waals surface area (Å²) in [6, 6.07) is 10.9. The highest BCUT2D eigenvalue weighted by atomic mass is 16.5. The molecule has 0 radical (unpaired) electrons. The van der Waals surface area contributed by atoms with Crippen LogP contribution in [-0.2, 0) is 19.6 Å². The van der Waals surface area contributed by atoms with Crippen molar-refractivity contribution in [1.82, 2.24) is 25.2 Å². The van der Waals surface area contributed by atoms with Crippen LogP contribution in [0.5, 0.6) is 0 Å². The van der Waals surface area contributed by atoms with E-state index in [0.29, 0.717) is 0 Å². The molecule has 1 aromatic heterocycles. The molecule has 156 valence electrons. The van der Waals surface area contributed by atoms with Gasteiger partial charge in [0.05, 0.1) is 5.69 Å². The van der Waals surface area contributed by atoms with E-state index in [2.05, 4.69) is 54.4 Å². The van der Waals surface area contributed by atoms with Gasteiger partial charge in [-0.25, -0.2) is 0 Å². The molecule has 2 aromatic rings. The number of guanidine groups is 1. The molecule has 7 heteroatoms. The van der Waals surface area contributed by atoms with Gasteiger partial charge in [0.15, 0.2) is 5.96 Å². The molecule has 4 rings (SSSR count). The molecular weight excluding hydrogens is 364 g/mol. The fraction of sp³-hybridized carbons (Fsp3) is 0.545. The Balaban J connectivity index is 1.22. The number of piperazine rings is 1. The van der Waals surface area contributed by atoms with Crippen LogP contribution in [0.3, 0.4) is 0 Å². The summed E-state index contributed by atoms with van der Waals surface area (Å²) in [6.07, 6.45) is 4.32.